The molecule has 1 atom stereocenters. The van der Waals surface area contributed by atoms with Crippen molar-refractivity contribution >= 4 is 23.2 Å². The summed E-state index contributed by atoms with van der Waals surface area (Å²) in [6, 6.07) is 18.0. The monoisotopic (exact) mass is 629 g/mol. The first-order valence-electron chi connectivity index (χ1n) is 15.9. The Bertz CT molecular complexity index is 1470. The minimum Gasteiger partial charge on any atom is -0.494 e. The SMILES string of the molecule is CC.CCCCCCCOc1ccc(-c2cnc(-c3ccc(CC(NC(=O)c4ccc(C(C)(C)C)s4)C(=O)O)cc3)nc2)cc1. The summed E-state index contributed by atoms with van der Waals surface area (Å²) in [6.45, 7) is 13.2. The van der Waals surface area contributed by atoms with Gasteiger partial charge in [0.05, 0.1) is 11.5 Å². The molecule has 4 rings (SSSR count). The molecule has 1 unspecified atom stereocenters. The van der Waals surface area contributed by atoms with Crippen LogP contribution in [-0.2, 0) is 16.6 Å². The number of hydrogen-bond acceptors (Lipinski definition) is 6. The predicted octanol–water partition coefficient (Wildman–Crippen LogP) is 8.97. The van der Waals surface area contributed by atoms with Gasteiger partial charge in [0, 0.05) is 34.8 Å². The average Bonchev–Trinajstić information content (AvgIpc) is 3.56. The highest BCUT2D eigenvalue weighted by Gasteiger charge is 2.24. The zero-order valence-corrected chi connectivity index (χ0v) is 28.2. The molecular weight excluding hydrogens is 582 g/mol. The molecule has 0 aliphatic carbocycles. The van der Waals surface area contributed by atoms with Crippen LogP contribution in [0.15, 0.2) is 73.1 Å². The van der Waals surface area contributed by atoms with Gasteiger partial charge in [0.1, 0.15) is 11.8 Å². The summed E-state index contributed by atoms with van der Waals surface area (Å²) in [5, 5.41) is 12.4. The number of carboxylic acids is 1. The molecule has 2 heterocycles. The zero-order chi connectivity index (χ0) is 32.8. The molecule has 0 fully saturated rings. The Morgan fingerprint density at radius 1 is 0.844 bits per heavy atom. The number of carbonyl (C=O) groups excluding carboxylic acids is 1. The van der Waals surface area contributed by atoms with Crippen molar-refractivity contribution in [2.24, 2.45) is 0 Å². The van der Waals surface area contributed by atoms with Gasteiger partial charge < -0.3 is 15.2 Å². The lowest BCUT2D eigenvalue weighted by Gasteiger charge is -2.16. The third-order valence-electron chi connectivity index (χ3n) is 7.18. The van der Waals surface area contributed by atoms with Crippen LogP contribution in [0.1, 0.15) is 93.8 Å². The Labute approximate surface area is 272 Å². The number of thiophene rings is 1. The molecule has 8 heteroatoms. The largest absolute Gasteiger partial charge is 0.494 e. The van der Waals surface area contributed by atoms with E-state index in [1.165, 1.54) is 37.0 Å². The van der Waals surface area contributed by atoms with E-state index >= 15 is 0 Å². The highest BCUT2D eigenvalue weighted by Crippen LogP contribution is 2.29. The molecule has 0 aliphatic rings. The summed E-state index contributed by atoms with van der Waals surface area (Å²) in [4.78, 5) is 35.4. The van der Waals surface area contributed by atoms with Crippen molar-refractivity contribution in [3.05, 3.63) is 88.4 Å². The first kappa shape index (κ1) is 35.4. The summed E-state index contributed by atoms with van der Waals surface area (Å²) in [6.07, 6.45) is 9.82. The van der Waals surface area contributed by atoms with Crippen LogP contribution in [0.2, 0.25) is 0 Å². The molecule has 0 saturated carbocycles. The lowest BCUT2D eigenvalue weighted by molar-refractivity contribution is -0.139. The van der Waals surface area contributed by atoms with E-state index in [0.717, 1.165) is 45.9 Å². The summed E-state index contributed by atoms with van der Waals surface area (Å²) in [7, 11) is 0. The maximum Gasteiger partial charge on any atom is 0.326 e. The molecule has 2 N–H and O–H groups in total. The first-order chi connectivity index (χ1) is 21.6. The smallest absolute Gasteiger partial charge is 0.326 e. The molecule has 0 saturated heterocycles. The maximum absolute atomic E-state index is 12.8. The van der Waals surface area contributed by atoms with Crippen molar-refractivity contribution in [2.75, 3.05) is 6.61 Å². The van der Waals surface area contributed by atoms with Gasteiger partial charge in [-0.05, 0) is 47.2 Å². The fourth-order valence-electron chi connectivity index (χ4n) is 4.58. The van der Waals surface area contributed by atoms with Gasteiger partial charge in [-0.2, -0.15) is 0 Å². The number of nitrogens with one attached hydrogen (secondary N) is 1. The molecule has 1 amide bonds. The normalized spacial score (nSPS) is 11.7. The van der Waals surface area contributed by atoms with Crippen LogP contribution in [0, 0.1) is 0 Å². The van der Waals surface area contributed by atoms with Gasteiger partial charge in [-0.3, -0.25) is 4.79 Å². The van der Waals surface area contributed by atoms with Crippen LogP contribution in [0.5, 0.6) is 5.75 Å². The zero-order valence-electron chi connectivity index (χ0n) is 27.4. The van der Waals surface area contributed by atoms with Gasteiger partial charge in [-0.1, -0.05) is 104 Å². The van der Waals surface area contributed by atoms with Crippen molar-refractivity contribution in [1.82, 2.24) is 15.3 Å². The van der Waals surface area contributed by atoms with Gasteiger partial charge in [0.15, 0.2) is 5.82 Å². The van der Waals surface area contributed by atoms with Gasteiger partial charge in [-0.25, -0.2) is 14.8 Å². The maximum atomic E-state index is 12.8. The van der Waals surface area contributed by atoms with Crippen molar-refractivity contribution in [1.29, 1.82) is 0 Å². The van der Waals surface area contributed by atoms with E-state index in [2.05, 4.69) is 43.0 Å². The third-order valence-corrected chi connectivity index (χ3v) is 8.69. The number of hydrogen-bond donors (Lipinski definition) is 2. The van der Waals surface area contributed by atoms with E-state index in [1.807, 2.05) is 68.4 Å². The van der Waals surface area contributed by atoms with E-state index in [1.54, 1.807) is 18.5 Å². The Morgan fingerprint density at radius 3 is 2.04 bits per heavy atom. The molecule has 2 aromatic heterocycles. The number of nitrogens with zero attached hydrogens (tertiary/aromatic N) is 2. The Kier molecular flexibility index (Phi) is 13.7. The van der Waals surface area contributed by atoms with Crippen molar-refractivity contribution in [2.45, 2.75) is 91.5 Å². The number of amides is 1. The van der Waals surface area contributed by atoms with Crippen LogP contribution in [0.4, 0.5) is 0 Å². The fraction of sp³-hybridized carbons (Fsp3) is 0.405. The van der Waals surface area contributed by atoms with E-state index in [-0.39, 0.29) is 17.7 Å². The number of carboxylic acid groups (broad SMARTS) is 1. The highest BCUT2D eigenvalue weighted by atomic mass is 32.1. The van der Waals surface area contributed by atoms with Crippen molar-refractivity contribution in [3.8, 4) is 28.3 Å². The van der Waals surface area contributed by atoms with Crippen LogP contribution < -0.4 is 10.1 Å². The van der Waals surface area contributed by atoms with Crippen LogP contribution in [-0.4, -0.2) is 39.6 Å². The Hall–Kier alpha value is -4.04. The number of aliphatic carboxylic acids is 1. The number of carbonyl (C=O) groups is 2. The van der Waals surface area contributed by atoms with Gasteiger partial charge in [0.25, 0.3) is 5.91 Å². The van der Waals surface area contributed by atoms with Gasteiger partial charge in [-0.15, -0.1) is 11.3 Å². The van der Waals surface area contributed by atoms with Crippen LogP contribution in [0.3, 0.4) is 0 Å². The van der Waals surface area contributed by atoms with Gasteiger partial charge >= 0.3 is 5.97 Å². The molecule has 2 aromatic carbocycles. The molecule has 4 aromatic rings. The molecule has 0 spiro atoms. The molecule has 0 radical (unpaired) electrons. The van der Waals surface area contributed by atoms with E-state index < -0.39 is 12.0 Å². The van der Waals surface area contributed by atoms with Crippen molar-refractivity contribution in [3.63, 3.8) is 0 Å². The minimum atomic E-state index is -1.08. The van der Waals surface area contributed by atoms with Crippen molar-refractivity contribution < 1.29 is 19.4 Å². The molecule has 0 bridgehead atoms. The predicted molar refractivity (Wildman–Crippen MR) is 184 cm³/mol. The number of aromatic nitrogens is 2. The standard InChI is InChI=1S/C35H41N3O4S.C2H6/c1-5-6-7-8-9-20-42-28-16-14-25(15-17-28)27-22-36-32(37-23-27)26-12-10-24(11-13-26)21-29(34(40)41)38-33(39)30-18-19-31(43-30)35(2,3)4;1-2/h10-19,22-23,29H,5-9,20-21H2,1-4H3,(H,38,39)(H,40,41);1-2H3. The fourth-order valence-corrected chi connectivity index (χ4v) is 5.55. The lowest BCUT2D eigenvalue weighted by atomic mass is 9.95. The quantitative estimate of drug-likeness (QED) is 0.135. The van der Waals surface area contributed by atoms with E-state index in [9.17, 15) is 14.7 Å². The number of benzene rings is 2. The highest BCUT2D eigenvalue weighted by molar-refractivity contribution is 7.14. The van der Waals surface area contributed by atoms with Crippen LogP contribution >= 0.6 is 11.3 Å². The Morgan fingerprint density at radius 2 is 1.47 bits per heavy atom. The Balaban J connectivity index is 0.00000271. The topological polar surface area (TPSA) is 101 Å². The molecule has 240 valence electrons. The number of unbranched alkanes of at least 4 members (excludes halogenated alkanes) is 4. The minimum absolute atomic E-state index is 0.0745. The summed E-state index contributed by atoms with van der Waals surface area (Å²) >= 11 is 1.39. The molecular formula is C37H47N3O4S. The second kappa shape index (κ2) is 17.4. The second-order valence-electron chi connectivity index (χ2n) is 11.8. The average molecular weight is 630 g/mol. The van der Waals surface area contributed by atoms with Gasteiger partial charge in [0.2, 0.25) is 0 Å². The van der Waals surface area contributed by atoms with E-state index in [4.69, 9.17) is 4.74 Å². The number of rotatable bonds is 14. The summed E-state index contributed by atoms with van der Waals surface area (Å²) in [5.74, 6) is -0.0135. The molecule has 7 nitrogen and oxygen atoms in total. The first-order valence-corrected chi connectivity index (χ1v) is 16.7. The summed E-state index contributed by atoms with van der Waals surface area (Å²) in [5.41, 5.74) is 3.46. The summed E-state index contributed by atoms with van der Waals surface area (Å²) < 4.78 is 5.87. The molecule has 0 aliphatic heterocycles. The second-order valence-corrected chi connectivity index (χ2v) is 12.8. The van der Waals surface area contributed by atoms with E-state index in [0.29, 0.717) is 10.7 Å². The molecule has 45 heavy (non-hydrogen) atoms. The number of ether oxygens (including phenoxy) is 1. The van der Waals surface area contributed by atoms with Crippen LogP contribution in [0.25, 0.3) is 22.5 Å². The third kappa shape index (κ3) is 10.8. The lowest BCUT2D eigenvalue weighted by Crippen LogP contribution is -2.42.